The van der Waals surface area contributed by atoms with Crippen molar-refractivity contribution in [2.24, 2.45) is 10.7 Å². The van der Waals surface area contributed by atoms with Gasteiger partial charge in [0.2, 0.25) is 0 Å². The number of aliphatic imine (C=N–C) groups is 1. The second-order valence-electron chi connectivity index (χ2n) is 8.60. The highest BCUT2D eigenvalue weighted by Gasteiger charge is 2.36. The third kappa shape index (κ3) is 5.76. The highest BCUT2D eigenvalue weighted by molar-refractivity contribution is 5.99. The quantitative estimate of drug-likeness (QED) is 0.500. The lowest BCUT2D eigenvalue weighted by Crippen LogP contribution is -2.49. The number of halogens is 3. The fraction of sp³-hybridized carbons (Fsp3) is 0.360. The van der Waals surface area contributed by atoms with Crippen LogP contribution in [0.15, 0.2) is 60.3 Å². The maximum Gasteiger partial charge on any atom is 0.419 e. The van der Waals surface area contributed by atoms with Crippen molar-refractivity contribution in [1.29, 1.82) is 5.26 Å². The molecule has 0 aliphatic carbocycles. The zero-order chi connectivity index (χ0) is 25.7. The first-order chi connectivity index (χ1) is 17.3. The van der Waals surface area contributed by atoms with Crippen molar-refractivity contribution in [2.75, 3.05) is 44.2 Å². The van der Waals surface area contributed by atoms with E-state index in [1.54, 1.807) is 23.2 Å². The van der Waals surface area contributed by atoms with Gasteiger partial charge >= 0.3 is 6.18 Å². The first-order valence-corrected chi connectivity index (χ1v) is 11.6. The van der Waals surface area contributed by atoms with Crippen LogP contribution in [0, 0.1) is 11.3 Å². The van der Waals surface area contributed by atoms with Gasteiger partial charge in [-0.15, -0.1) is 0 Å². The second-order valence-corrected chi connectivity index (χ2v) is 8.60. The molecule has 4 heterocycles. The third-order valence-electron chi connectivity index (χ3n) is 6.20. The molecule has 2 N–H and O–H groups in total. The van der Waals surface area contributed by atoms with Gasteiger partial charge in [0.1, 0.15) is 23.5 Å². The van der Waals surface area contributed by atoms with Gasteiger partial charge in [-0.1, -0.05) is 6.58 Å². The Kier molecular flexibility index (Phi) is 7.43. The van der Waals surface area contributed by atoms with E-state index < -0.39 is 11.7 Å². The molecule has 4 rings (SSSR count). The number of aromatic nitrogens is 2. The number of alkyl halides is 3. The van der Waals surface area contributed by atoms with Crippen LogP contribution < -0.4 is 10.6 Å². The molecule has 8 nitrogen and oxygen atoms in total. The molecule has 2 aromatic rings. The molecule has 0 atom stereocenters. The number of nitrogens with zero attached hydrogens (tertiary/aromatic N) is 7. The molecular formula is C25H27F3N8. The van der Waals surface area contributed by atoms with Crippen molar-refractivity contribution in [1.82, 2.24) is 19.8 Å². The molecule has 11 heteroatoms. The van der Waals surface area contributed by atoms with Gasteiger partial charge in [0, 0.05) is 75.2 Å². The van der Waals surface area contributed by atoms with E-state index in [4.69, 9.17) is 10.7 Å². The highest BCUT2D eigenvalue weighted by atomic mass is 19.4. The third-order valence-corrected chi connectivity index (χ3v) is 6.20. The van der Waals surface area contributed by atoms with Gasteiger partial charge in [-0.2, -0.15) is 18.4 Å². The van der Waals surface area contributed by atoms with Crippen LogP contribution in [0.3, 0.4) is 0 Å². The summed E-state index contributed by atoms with van der Waals surface area (Å²) in [5, 5.41) is 9.18. The lowest BCUT2D eigenvalue weighted by molar-refractivity contribution is -0.137. The summed E-state index contributed by atoms with van der Waals surface area (Å²) in [5.41, 5.74) is 6.95. The summed E-state index contributed by atoms with van der Waals surface area (Å²) >= 11 is 0. The molecule has 0 unspecified atom stereocenters. The van der Waals surface area contributed by atoms with E-state index in [0.717, 1.165) is 32.0 Å². The summed E-state index contributed by atoms with van der Waals surface area (Å²) in [6, 6.07) is 6.03. The number of rotatable bonds is 5. The van der Waals surface area contributed by atoms with Gasteiger partial charge in [-0.05, 0) is 31.0 Å². The Morgan fingerprint density at radius 1 is 1.11 bits per heavy atom. The maximum absolute atomic E-state index is 13.5. The van der Waals surface area contributed by atoms with Crippen molar-refractivity contribution in [3.05, 3.63) is 72.0 Å². The van der Waals surface area contributed by atoms with Crippen LogP contribution in [-0.2, 0) is 6.18 Å². The Morgan fingerprint density at radius 2 is 1.83 bits per heavy atom. The van der Waals surface area contributed by atoms with Crippen LogP contribution in [0.2, 0.25) is 0 Å². The summed E-state index contributed by atoms with van der Waals surface area (Å²) in [6.07, 6.45) is 3.75. The Bertz CT molecular complexity index is 1200. The topological polar surface area (TPSA) is 97.7 Å². The van der Waals surface area contributed by atoms with E-state index in [-0.39, 0.29) is 5.82 Å². The van der Waals surface area contributed by atoms with E-state index in [9.17, 15) is 18.4 Å². The summed E-state index contributed by atoms with van der Waals surface area (Å²) in [5.74, 6) is 1.10. The molecule has 36 heavy (non-hydrogen) atoms. The first-order valence-electron chi connectivity index (χ1n) is 11.6. The molecule has 2 aromatic heterocycles. The maximum atomic E-state index is 13.5. The predicted octanol–water partition coefficient (Wildman–Crippen LogP) is 3.45. The lowest BCUT2D eigenvalue weighted by atomic mass is 10.1. The van der Waals surface area contributed by atoms with Crippen LogP contribution in [0.4, 0.5) is 19.0 Å². The van der Waals surface area contributed by atoms with Gasteiger partial charge in [-0.3, -0.25) is 4.98 Å². The summed E-state index contributed by atoms with van der Waals surface area (Å²) < 4.78 is 40.5. The van der Waals surface area contributed by atoms with Crippen LogP contribution in [-0.4, -0.2) is 64.9 Å². The first kappa shape index (κ1) is 25.0. The predicted molar refractivity (Wildman–Crippen MR) is 132 cm³/mol. The van der Waals surface area contributed by atoms with Crippen molar-refractivity contribution in [3.8, 4) is 6.07 Å². The summed E-state index contributed by atoms with van der Waals surface area (Å²) in [4.78, 5) is 18.6. The van der Waals surface area contributed by atoms with Crippen LogP contribution >= 0.6 is 0 Å². The van der Waals surface area contributed by atoms with Crippen molar-refractivity contribution < 1.29 is 13.2 Å². The van der Waals surface area contributed by atoms with Gasteiger partial charge < -0.3 is 20.4 Å². The average molecular weight is 497 g/mol. The summed E-state index contributed by atoms with van der Waals surface area (Å²) in [7, 11) is 0. The van der Waals surface area contributed by atoms with Crippen LogP contribution in [0.25, 0.3) is 5.70 Å². The second kappa shape index (κ2) is 10.7. The molecule has 0 amide bonds. The van der Waals surface area contributed by atoms with E-state index in [2.05, 4.69) is 21.4 Å². The van der Waals surface area contributed by atoms with E-state index in [1.165, 1.54) is 18.5 Å². The van der Waals surface area contributed by atoms with Crippen LogP contribution in [0.1, 0.15) is 29.5 Å². The van der Waals surface area contributed by atoms with E-state index in [0.29, 0.717) is 54.7 Å². The lowest BCUT2D eigenvalue weighted by Gasteiger charge is -2.37. The minimum absolute atomic E-state index is 0.0703. The molecule has 0 bridgehead atoms. The van der Waals surface area contributed by atoms with Crippen LogP contribution in [0.5, 0.6) is 0 Å². The summed E-state index contributed by atoms with van der Waals surface area (Å²) in [6.45, 7) is 7.35. The van der Waals surface area contributed by atoms with Gasteiger partial charge in [-0.25, -0.2) is 9.98 Å². The van der Waals surface area contributed by atoms with Gasteiger partial charge in [0.05, 0.1) is 11.1 Å². The zero-order valence-corrected chi connectivity index (χ0v) is 19.7. The monoisotopic (exact) mass is 496 g/mol. The number of amidine groups is 1. The molecule has 2 aliphatic rings. The fourth-order valence-electron chi connectivity index (χ4n) is 4.27. The number of likely N-dealkylation sites (tertiary alicyclic amines) is 1. The molecule has 2 aliphatic heterocycles. The van der Waals surface area contributed by atoms with Gasteiger partial charge in [0.25, 0.3) is 0 Å². The largest absolute Gasteiger partial charge is 0.419 e. The number of nitrogens with two attached hydrogens (primary N) is 1. The van der Waals surface area contributed by atoms with E-state index in [1.807, 2.05) is 11.0 Å². The normalized spacial score (nSPS) is 17.3. The molecule has 0 aromatic carbocycles. The van der Waals surface area contributed by atoms with Gasteiger partial charge in [0.15, 0.2) is 0 Å². The number of piperazine rings is 1. The molecule has 0 radical (unpaired) electrons. The molecule has 0 saturated carbocycles. The number of anilines is 1. The highest BCUT2D eigenvalue weighted by Crippen LogP contribution is 2.35. The molecule has 2 fully saturated rings. The standard InChI is InChI=1S/C25H27F3N8/c1-18(34-7-2-3-8-34)33-23(14-22(30)20-13-19(15-29)16-31-17-20)35-9-11-36(12-10-35)24-21(25(26,27)28)5-4-6-32-24/h4-6,13-14,16-17H,1-3,7-12,30H2/b22-14-,33-23?. The van der Waals surface area contributed by atoms with Crippen molar-refractivity contribution >= 4 is 17.4 Å². The van der Waals surface area contributed by atoms with Crippen molar-refractivity contribution in [3.63, 3.8) is 0 Å². The molecule has 188 valence electrons. The molecular weight excluding hydrogens is 469 g/mol. The Hall–Kier alpha value is -4.07. The number of hydrogen-bond donors (Lipinski definition) is 1. The van der Waals surface area contributed by atoms with E-state index >= 15 is 0 Å². The Balaban J connectivity index is 1.58. The minimum atomic E-state index is -4.48. The minimum Gasteiger partial charge on any atom is -0.398 e. The Labute approximate surface area is 207 Å². The smallest absolute Gasteiger partial charge is 0.398 e. The molecule has 2 saturated heterocycles. The van der Waals surface area contributed by atoms with Crippen molar-refractivity contribution in [2.45, 2.75) is 19.0 Å². The number of hydrogen-bond acceptors (Lipinski definition) is 7. The molecule has 0 spiro atoms. The zero-order valence-electron chi connectivity index (χ0n) is 19.7. The number of nitriles is 1. The fourth-order valence-corrected chi connectivity index (χ4v) is 4.27. The Morgan fingerprint density at radius 3 is 2.50 bits per heavy atom. The SMILES string of the molecule is C=C(N=C(/C=C(\N)c1cncc(C#N)c1)N1CCN(c2ncccc2C(F)(F)F)CC1)N1CCCC1. The average Bonchev–Trinajstić information content (AvgIpc) is 3.43. The number of pyridine rings is 2.